The number of rotatable bonds is 7. The van der Waals surface area contributed by atoms with E-state index in [4.69, 9.17) is 9.15 Å². The Morgan fingerprint density at radius 3 is 3.05 bits per heavy atom. The number of ether oxygens (including phenoxy) is 1. The molecule has 0 aliphatic carbocycles. The number of nitrogens with one attached hydrogen (secondary N) is 1. The summed E-state index contributed by atoms with van der Waals surface area (Å²) >= 11 is 0. The van der Waals surface area contributed by atoms with Crippen LogP contribution < -0.4 is 10.1 Å². The zero-order valence-electron chi connectivity index (χ0n) is 11.5. The van der Waals surface area contributed by atoms with Gasteiger partial charge in [0.15, 0.2) is 11.7 Å². The predicted molar refractivity (Wildman–Crippen MR) is 75.4 cm³/mol. The normalized spacial score (nSPS) is 10.6. The number of hydrogen-bond donors (Lipinski definition) is 1. The van der Waals surface area contributed by atoms with Crippen LogP contribution in [0.1, 0.15) is 19.2 Å². The molecular formula is C15H20N2O2. The number of benzene rings is 1. The molecule has 4 heteroatoms. The van der Waals surface area contributed by atoms with Crippen LogP contribution in [0.15, 0.2) is 34.9 Å². The third-order valence-electron chi connectivity index (χ3n) is 2.73. The molecule has 2 aromatic rings. The van der Waals surface area contributed by atoms with E-state index in [0.717, 1.165) is 49.0 Å². The van der Waals surface area contributed by atoms with Crippen LogP contribution in [0.2, 0.25) is 0 Å². The van der Waals surface area contributed by atoms with Gasteiger partial charge in [-0.1, -0.05) is 19.1 Å². The minimum Gasteiger partial charge on any atom is -0.494 e. The topological polar surface area (TPSA) is 47.3 Å². The van der Waals surface area contributed by atoms with Gasteiger partial charge in [0.25, 0.3) is 0 Å². The van der Waals surface area contributed by atoms with Crippen LogP contribution in [0.3, 0.4) is 0 Å². The fourth-order valence-electron chi connectivity index (χ4n) is 1.75. The van der Waals surface area contributed by atoms with Crippen LogP contribution in [0, 0.1) is 0 Å². The first-order valence-corrected chi connectivity index (χ1v) is 6.66. The zero-order valence-corrected chi connectivity index (χ0v) is 11.5. The van der Waals surface area contributed by atoms with Crippen molar-refractivity contribution in [2.24, 2.45) is 0 Å². The van der Waals surface area contributed by atoms with E-state index in [-0.39, 0.29) is 0 Å². The molecule has 0 aliphatic heterocycles. The largest absolute Gasteiger partial charge is 0.494 e. The Balaban J connectivity index is 2.10. The summed E-state index contributed by atoms with van der Waals surface area (Å²) < 4.78 is 11.3. The standard InChI is InChI=1S/C15H20N2O2/c1-3-9-18-13-6-4-5-12(10-13)14-11-17-15(19-14)7-8-16-2/h4-6,10-11,16H,3,7-9H2,1-2H3. The monoisotopic (exact) mass is 260 g/mol. The number of oxazole rings is 1. The Hall–Kier alpha value is -1.81. The quantitative estimate of drug-likeness (QED) is 0.831. The smallest absolute Gasteiger partial charge is 0.196 e. The Labute approximate surface area is 113 Å². The average molecular weight is 260 g/mol. The third kappa shape index (κ3) is 3.83. The van der Waals surface area contributed by atoms with Gasteiger partial charge < -0.3 is 14.5 Å². The minimum absolute atomic E-state index is 0.729. The molecule has 1 aromatic carbocycles. The Morgan fingerprint density at radius 1 is 1.37 bits per heavy atom. The van der Waals surface area contributed by atoms with Gasteiger partial charge in [-0.2, -0.15) is 0 Å². The lowest BCUT2D eigenvalue weighted by atomic mass is 10.2. The van der Waals surface area contributed by atoms with Crippen molar-refractivity contribution in [3.8, 4) is 17.1 Å². The second-order valence-corrected chi connectivity index (χ2v) is 4.35. The molecule has 0 amide bonds. The van der Waals surface area contributed by atoms with E-state index >= 15 is 0 Å². The highest BCUT2D eigenvalue weighted by Crippen LogP contribution is 2.24. The van der Waals surface area contributed by atoms with Crippen LogP contribution >= 0.6 is 0 Å². The molecule has 0 unspecified atom stereocenters. The lowest BCUT2D eigenvalue weighted by molar-refractivity contribution is 0.317. The lowest BCUT2D eigenvalue weighted by Crippen LogP contribution is -2.10. The van der Waals surface area contributed by atoms with Gasteiger partial charge in [-0.3, -0.25) is 0 Å². The maximum Gasteiger partial charge on any atom is 0.196 e. The maximum atomic E-state index is 5.72. The van der Waals surface area contributed by atoms with Crippen molar-refractivity contribution in [2.45, 2.75) is 19.8 Å². The molecule has 0 radical (unpaired) electrons. The summed E-state index contributed by atoms with van der Waals surface area (Å²) in [5, 5.41) is 3.08. The molecule has 2 rings (SSSR count). The van der Waals surface area contributed by atoms with Crippen molar-refractivity contribution in [3.05, 3.63) is 36.4 Å². The molecule has 19 heavy (non-hydrogen) atoms. The number of aromatic nitrogens is 1. The van der Waals surface area contributed by atoms with E-state index < -0.39 is 0 Å². The summed E-state index contributed by atoms with van der Waals surface area (Å²) in [6.45, 7) is 3.68. The van der Waals surface area contributed by atoms with Crippen LogP contribution in [0.4, 0.5) is 0 Å². The lowest BCUT2D eigenvalue weighted by Gasteiger charge is -2.05. The first-order chi connectivity index (χ1) is 9.33. The van der Waals surface area contributed by atoms with Gasteiger partial charge in [-0.05, 0) is 25.6 Å². The van der Waals surface area contributed by atoms with Gasteiger partial charge in [0.05, 0.1) is 12.8 Å². The van der Waals surface area contributed by atoms with E-state index in [1.165, 1.54) is 0 Å². The van der Waals surface area contributed by atoms with Crippen molar-refractivity contribution in [1.82, 2.24) is 10.3 Å². The molecule has 0 atom stereocenters. The van der Waals surface area contributed by atoms with Crippen molar-refractivity contribution in [3.63, 3.8) is 0 Å². The summed E-state index contributed by atoms with van der Waals surface area (Å²) in [6, 6.07) is 7.91. The molecule has 1 N–H and O–H groups in total. The maximum absolute atomic E-state index is 5.72. The number of hydrogen-bond acceptors (Lipinski definition) is 4. The highest BCUT2D eigenvalue weighted by Gasteiger charge is 2.07. The number of likely N-dealkylation sites (N-methyl/N-ethyl adjacent to an activating group) is 1. The zero-order chi connectivity index (χ0) is 13.5. The molecule has 1 heterocycles. The van der Waals surface area contributed by atoms with Crippen molar-refractivity contribution in [2.75, 3.05) is 20.2 Å². The average Bonchev–Trinajstić information content (AvgIpc) is 2.92. The van der Waals surface area contributed by atoms with E-state index in [0.29, 0.717) is 0 Å². The van der Waals surface area contributed by atoms with E-state index in [2.05, 4.69) is 17.2 Å². The van der Waals surface area contributed by atoms with Crippen molar-refractivity contribution < 1.29 is 9.15 Å². The van der Waals surface area contributed by atoms with E-state index in [1.807, 2.05) is 31.3 Å². The van der Waals surface area contributed by atoms with Gasteiger partial charge in [0.1, 0.15) is 5.75 Å². The fraction of sp³-hybridized carbons (Fsp3) is 0.400. The molecule has 1 aromatic heterocycles. The van der Waals surface area contributed by atoms with Crippen LogP contribution in [0.25, 0.3) is 11.3 Å². The Morgan fingerprint density at radius 2 is 2.26 bits per heavy atom. The van der Waals surface area contributed by atoms with E-state index in [9.17, 15) is 0 Å². The molecule has 102 valence electrons. The first-order valence-electron chi connectivity index (χ1n) is 6.66. The van der Waals surface area contributed by atoms with Crippen LogP contribution in [0.5, 0.6) is 5.75 Å². The highest BCUT2D eigenvalue weighted by molar-refractivity contribution is 5.58. The van der Waals surface area contributed by atoms with E-state index in [1.54, 1.807) is 6.20 Å². The van der Waals surface area contributed by atoms with Gasteiger partial charge in [-0.25, -0.2) is 4.98 Å². The van der Waals surface area contributed by atoms with Crippen LogP contribution in [-0.4, -0.2) is 25.2 Å². The number of nitrogens with zero attached hydrogens (tertiary/aromatic N) is 1. The van der Waals surface area contributed by atoms with Gasteiger partial charge in [0, 0.05) is 18.5 Å². The Kier molecular flexibility index (Phi) is 4.98. The molecule has 0 saturated heterocycles. The third-order valence-corrected chi connectivity index (χ3v) is 2.73. The van der Waals surface area contributed by atoms with Crippen molar-refractivity contribution in [1.29, 1.82) is 0 Å². The SMILES string of the molecule is CCCOc1cccc(-c2cnc(CCNC)o2)c1. The van der Waals surface area contributed by atoms with Crippen molar-refractivity contribution >= 4 is 0 Å². The molecule has 0 fully saturated rings. The molecule has 4 nitrogen and oxygen atoms in total. The minimum atomic E-state index is 0.729. The highest BCUT2D eigenvalue weighted by atomic mass is 16.5. The fourth-order valence-corrected chi connectivity index (χ4v) is 1.75. The summed E-state index contributed by atoms with van der Waals surface area (Å²) in [4.78, 5) is 4.27. The second kappa shape index (κ2) is 6.95. The summed E-state index contributed by atoms with van der Waals surface area (Å²) in [6.07, 6.45) is 3.56. The van der Waals surface area contributed by atoms with Gasteiger partial charge >= 0.3 is 0 Å². The summed E-state index contributed by atoms with van der Waals surface area (Å²) in [5.41, 5.74) is 0.997. The van der Waals surface area contributed by atoms with Gasteiger partial charge in [0.2, 0.25) is 0 Å². The summed E-state index contributed by atoms with van der Waals surface area (Å²) in [7, 11) is 1.92. The second-order valence-electron chi connectivity index (χ2n) is 4.35. The molecule has 0 aliphatic rings. The molecule has 0 bridgehead atoms. The first kappa shape index (κ1) is 13.6. The Bertz CT molecular complexity index is 508. The van der Waals surface area contributed by atoms with Crippen LogP contribution in [-0.2, 0) is 6.42 Å². The molecular weight excluding hydrogens is 240 g/mol. The van der Waals surface area contributed by atoms with Gasteiger partial charge in [-0.15, -0.1) is 0 Å². The predicted octanol–water partition coefficient (Wildman–Crippen LogP) is 2.89. The summed E-state index contributed by atoms with van der Waals surface area (Å²) in [5.74, 6) is 2.41. The molecule has 0 spiro atoms. The molecule has 0 saturated carbocycles.